The SMILES string of the molecule is CC(=O)Nc1ccc(NC(=O)N2C[C@H]3CCCC[C@]32c2ccccc2)cc1. The van der Waals surface area contributed by atoms with Crippen molar-refractivity contribution in [2.45, 2.75) is 38.1 Å². The highest BCUT2D eigenvalue weighted by molar-refractivity contribution is 5.92. The fraction of sp³-hybridized carbons (Fsp3) is 0.364. The van der Waals surface area contributed by atoms with Gasteiger partial charge in [0, 0.05) is 30.8 Å². The summed E-state index contributed by atoms with van der Waals surface area (Å²) in [7, 11) is 0. The Bertz CT molecular complexity index is 834. The van der Waals surface area contributed by atoms with E-state index in [1.54, 1.807) is 12.1 Å². The minimum Gasteiger partial charge on any atom is -0.326 e. The molecule has 0 unspecified atom stereocenters. The lowest BCUT2D eigenvalue weighted by Gasteiger charge is -2.61. The fourth-order valence-corrected chi connectivity index (χ4v) is 4.65. The lowest BCUT2D eigenvalue weighted by molar-refractivity contribution is -0.114. The Kier molecular flexibility index (Phi) is 4.60. The number of anilines is 2. The third-order valence-electron chi connectivity index (χ3n) is 5.90. The van der Waals surface area contributed by atoms with Gasteiger partial charge < -0.3 is 15.5 Å². The number of nitrogens with zero attached hydrogens (tertiary/aromatic N) is 1. The number of amides is 3. The van der Waals surface area contributed by atoms with Crippen molar-refractivity contribution in [3.8, 4) is 0 Å². The van der Waals surface area contributed by atoms with Crippen molar-refractivity contribution in [3.63, 3.8) is 0 Å². The quantitative estimate of drug-likeness (QED) is 0.838. The molecular formula is C22H25N3O2. The molecule has 1 saturated carbocycles. The number of nitrogens with one attached hydrogen (secondary N) is 2. The van der Waals surface area contributed by atoms with Gasteiger partial charge in [-0.2, -0.15) is 0 Å². The topological polar surface area (TPSA) is 61.4 Å². The van der Waals surface area contributed by atoms with E-state index in [0.717, 1.165) is 30.8 Å². The average Bonchev–Trinajstić information content (AvgIpc) is 2.65. The van der Waals surface area contributed by atoms with Crippen molar-refractivity contribution in [1.82, 2.24) is 4.90 Å². The minimum absolute atomic E-state index is 0.0516. The third-order valence-corrected chi connectivity index (χ3v) is 5.90. The van der Waals surface area contributed by atoms with Gasteiger partial charge in [-0.15, -0.1) is 0 Å². The van der Waals surface area contributed by atoms with Crippen LogP contribution in [0.25, 0.3) is 0 Å². The van der Waals surface area contributed by atoms with Crippen molar-refractivity contribution in [2.75, 3.05) is 17.2 Å². The molecule has 2 N–H and O–H groups in total. The van der Waals surface area contributed by atoms with E-state index in [9.17, 15) is 9.59 Å². The van der Waals surface area contributed by atoms with Crippen LogP contribution in [-0.4, -0.2) is 23.4 Å². The third kappa shape index (κ3) is 3.18. The van der Waals surface area contributed by atoms with E-state index < -0.39 is 0 Å². The summed E-state index contributed by atoms with van der Waals surface area (Å²) in [6.45, 7) is 2.29. The molecule has 2 aromatic carbocycles. The van der Waals surface area contributed by atoms with E-state index in [-0.39, 0.29) is 17.5 Å². The molecule has 3 amide bonds. The molecular weight excluding hydrogens is 338 g/mol. The lowest BCUT2D eigenvalue weighted by atomic mass is 9.62. The molecule has 2 fully saturated rings. The van der Waals surface area contributed by atoms with Crippen LogP contribution in [0.5, 0.6) is 0 Å². The maximum Gasteiger partial charge on any atom is 0.322 e. The van der Waals surface area contributed by atoms with Crippen molar-refractivity contribution in [3.05, 3.63) is 60.2 Å². The molecule has 5 nitrogen and oxygen atoms in total. The summed E-state index contributed by atoms with van der Waals surface area (Å²) in [5, 5.41) is 5.76. The zero-order valence-electron chi connectivity index (χ0n) is 15.6. The van der Waals surface area contributed by atoms with Crippen LogP contribution in [-0.2, 0) is 10.3 Å². The summed E-state index contributed by atoms with van der Waals surface area (Å²) in [6, 6.07) is 17.6. The van der Waals surface area contributed by atoms with Gasteiger partial charge in [-0.25, -0.2) is 4.79 Å². The molecule has 1 saturated heterocycles. The van der Waals surface area contributed by atoms with Crippen LogP contribution in [0.4, 0.5) is 16.2 Å². The van der Waals surface area contributed by atoms with Crippen LogP contribution in [0.1, 0.15) is 38.2 Å². The number of hydrogen-bond acceptors (Lipinski definition) is 2. The van der Waals surface area contributed by atoms with Crippen LogP contribution < -0.4 is 10.6 Å². The van der Waals surface area contributed by atoms with Gasteiger partial charge in [0.2, 0.25) is 5.91 Å². The molecule has 4 rings (SSSR count). The number of benzene rings is 2. The predicted octanol–water partition coefficient (Wildman–Crippen LogP) is 4.58. The fourth-order valence-electron chi connectivity index (χ4n) is 4.65. The Morgan fingerprint density at radius 1 is 0.963 bits per heavy atom. The second kappa shape index (κ2) is 7.06. The van der Waals surface area contributed by atoms with Crippen molar-refractivity contribution >= 4 is 23.3 Å². The van der Waals surface area contributed by atoms with Gasteiger partial charge in [-0.1, -0.05) is 43.2 Å². The van der Waals surface area contributed by atoms with E-state index in [1.807, 2.05) is 23.1 Å². The summed E-state index contributed by atoms with van der Waals surface area (Å²) in [5.74, 6) is 0.432. The molecule has 27 heavy (non-hydrogen) atoms. The molecule has 1 heterocycles. The molecule has 140 valence electrons. The largest absolute Gasteiger partial charge is 0.326 e. The van der Waals surface area contributed by atoms with Gasteiger partial charge in [-0.3, -0.25) is 4.79 Å². The van der Waals surface area contributed by atoms with Crippen LogP contribution in [0, 0.1) is 5.92 Å². The maximum absolute atomic E-state index is 13.0. The molecule has 0 aromatic heterocycles. The molecule has 0 spiro atoms. The van der Waals surface area contributed by atoms with Crippen LogP contribution >= 0.6 is 0 Å². The predicted molar refractivity (Wildman–Crippen MR) is 107 cm³/mol. The van der Waals surface area contributed by atoms with E-state index in [1.165, 1.54) is 25.3 Å². The van der Waals surface area contributed by atoms with Gasteiger partial charge in [0.25, 0.3) is 0 Å². The molecule has 1 aliphatic heterocycles. The number of urea groups is 1. The first-order valence-electron chi connectivity index (χ1n) is 9.61. The van der Waals surface area contributed by atoms with Crippen LogP contribution in [0.15, 0.2) is 54.6 Å². The van der Waals surface area contributed by atoms with E-state index >= 15 is 0 Å². The van der Waals surface area contributed by atoms with Gasteiger partial charge in [0.15, 0.2) is 0 Å². The van der Waals surface area contributed by atoms with Gasteiger partial charge in [-0.05, 0) is 42.7 Å². The maximum atomic E-state index is 13.0. The van der Waals surface area contributed by atoms with Crippen molar-refractivity contribution < 1.29 is 9.59 Å². The highest BCUT2D eigenvalue weighted by Crippen LogP contribution is 2.53. The first-order chi connectivity index (χ1) is 13.1. The molecule has 2 atom stereocenters. The lowest BCUT2D eigenvalue weighted by Crippen LogP contribution is -2.68. The standard InChI is InChI=1S/C22H25N3O2/c1-16(26)23-19-10-12-20(13-11-19)24-21(27)25-15-18-9-5-6-14-22(18,25)17-7-3-2-4-8-17/h2-4,7-8,10-13,18H,5-6,9,14-15H2,1H3,(H,23,26)(H,24,27)/t18-,22+/m1/s1. The molecule has 2 aromatic rings. The number of hydrogen-bond donors (Lipinski definition) is 2. The number of carbonyl (C=O) groups is 2. The van der Waals surface area contributed by atoms with Crippen LogP contribution in [0.3, 0.4) is 0 Å². The highest BCUT2D eigenvalue weighted by Gasteiger charge is 2.57. The molecule has 0 radical (unpaired) electrons. The van der Waals surface area contributed by atoms with Crippen LogP contribution in [0.2, 0.25) is 0 Å². The number of likely N-dealkylation sites (tertiary alicyclic amines) is 1. The van der Waals surface area contributed by atoms with Crippen molar-refractivity contribution in [1.29, 1.82) is 0 Å². The van der Waals surface area contributed by atoms with E-state index in [4.69, 9.17) is 0 Å². The summed E-state index contributed by atoms with van der Waals surface area (Å²) >= 11 is 0. The summed E-state index contributed by atoms with van der Waals surface area (Å²) in [4.78, 5) is 26.2. The molecule has 5 heteroatoms. The summed E-state index contributed by atoms with van der Waals surface area (Å²) in [6.07, 6.45) is 4.61. The van der Waals surface area contributed by atoms with Gasteiger partial charge >= 0.3 is 6.03 Å². The zero-order valence-corrected chi connectivity index (χ0v) is 15.6. The average molecular weight is 363 g/mol. The molecule has 2 aliphatic rings. The molecule has 0 bridgehead atoms. The van der Waals surface area contributed by atoms with Gasteiger partial charge in [0.1, 0.15) is 0 Å². The minimum atomic E-state index is -0.167. The first kappa shape index (κ1) is 17.6. The van der Waals surface area contributed by atoms with Crippen molar-refractivity contribution in [2.24, 2.45) is 5.92 Å². The number of rotatable bonds is 3. The smallest absolute Gasteiger partial charge is 0.322 e. The Hall–Kier alpha value is -2.82. The number of carbonyl (C=O) groups excluding carboxylic acids is 2. The normalized spacial score (nSPS) is 23.7. The summed E-state index contributed by atoms with van der Waals surface area (Å²) in [5.41, 5.74) is 2.53. The zero-order chi connectivity index (χ0) is 18.9. The Balaban J connectivity index is 1.52. The van der Waals surface area contributed by atoms with E-state index in [0.29, 0.717) is 5.92 Å². The number of fused-ring (bicyclic) bond motifs is 1. The second-order valence-corrected chi connectivity index (χ2v) is 7.53. The highest BCUT2D eigenvalue weighted by atomic mass is 16.2. The Morgan fingerprint density at radius 2 is 1.63 bits per heavy atom. The Labute approximate surface area is 159 Å². The summed E-state index contributed by atoms with van der Waals surface area (Å²) < 4.78 is 0. The van der Waals surface area contributed by atoms with Gasteiger partial charge in [0.05, 0.1) is 5.54 Å². The Morgan fingerprint density at radius 3 is 2.26 bits per heavy atom. The second-order valence-electron chi connectivity index (χ2n) is 7.53. The van der Waals surface area contributed by atoms with E-state index in [2.05, 4.69) is 34.9 Å². The monoisotopic (exact) mass is 363 g/mol. The molecule has 1 aliphatic carbocycles. The first-order valence-corrected chi connectivity index (χ1v) is 9.61.